The van der Waals surface area contributed by atoms with E-state index in [9.17, 15) is 9.59 Å². The van der Waals surface area contributed by atoms with Gasteiger partial charge in [0.15, 0.2) is 5.56 Å². The number of aromatic carboxylic acids is 1. The number of aromatic amines is 1. The summed E-state index contributed by atoms with van der Waals surface area (Å²) in [4.78, 5) is 21.2. The molecule has 0 atom stereocenters. The Hall–Kier alpha value is -1.72. The van der Waals surface area contributed by atoms with Crippen LogP contribution in [-0.2, 0) is 6.54 Å². The highest BCUT2D eigenvalue weighted by molar-refractivity contribution is 5.89. The van der Waals surface area contributed by atoms with Gasteiger partial charge < -0.3 is 10.2 Å². The Morgan fingerprint density at radius 3 is 2.50 bits per heavy atom. The van der Waals surface area contributed by atoms with Crippen LogP contribution in [0.2, 0.25) is 0 Å². The molecule has 0 saturated heterocycles. The fourth-order valence-electron chi connectivity index (χ4n) is 0.890. The van der Waals surface area contributed by atoms with Crippen molar-refractivity contribution in [2.75, 3.05) is 0 Å². The van der Waals surface area contributed by atoms with Crippen LogP contribution in [0.5, 0.6) is 5.88 Å². The monoisotopic (exact) mass is 172 g/mol. The number of carboxylic acid groups (broad SMARTS) is 1. The summed E-state index contributed by atoms with van der Waals surface area (Å²) in [5.41, 5.74) is -1.40. The Morgan fingerprint density at radius 1 is 1.67 bits per heavy atom. The molecule has 0 saturated carbocycles. The molecule has 1 aromatic rings. The molecular formula is C6H8N2O4. The number of nitrogens with one attached hydrogen (secondary N) is 1. The third kappa shape index (κ3) is 1.07. The van der Waals surface area contributed by atoms with Gasteiger partial charge in [-0.15, -0.1) is 0 Å². The van der Waals surface area contributed by atoms with Gasteiger partial charge in [0.2, 0.25) is 5.88 Å². The summed E-state index contributed by atoms with van der Waals surface area (Å²) in [5, 5.41) is 19.8. The highest BCUT2D eigenvalue weighted by Gasteiger charge is 2.19. The molecule has 6 heteroatoms. The van der Waals surface area contributed by atoms with Crippen molar-refractivity contribution in [1.82, 2.24) is 9.78 Å². The molecule has 0 radical (unpaired) electrons. The van der Waals surface area contributed by atoms with Gasteiger partial charge in [0.25, 0.3) is 5.56 Å². The topological polar surface area (TPSA) is 95.3 Å². The molecule has 0 fully saturated rings. The highest BCUT2D eigenvalue weighted by atomic mass is 16.4. The Bertz CT molecular complexity index is 362. The molecule has 0 aliphatic heterocycles. The van der Waals surface area contributed by atoms with Crippen LogP contribution >= 0.6 is 0 Å². The smallest absolute Gasteiger partial charge is 0.346 e. The third-order valence-corrected chi connectivity index (χ3v) is 1.47. The van der Waals surface area contributed by atoms with E-state index in [0.717, 1.165) is 4.68 Å². The van der Waals surface area contributed by atoms with Crippen molar-refractivity contribution in [2.45, 2.75) is 13.5 Å². The lowest BCUT2D eigenvalue weighted by atomic mass is 10.3. The minimum Gasteiger partial charge on any atom is -0.493 e. The second-order valence-electron chi connectivity index (χ2n) is 2.19. The molecule has 1 aromatic heterocycles. The van der Waals surface area contributed by atoms with Crippen molar-refractivity contribution >= 4 is 5.97 Å². The first-order chi connectivity index (χ1) is 5.57. The molecule has 0 aliphatic carbocycles. The summed E-state index contributed by atoms with van der Waals surface area (Å²) >= 11 is 0. The van der Waals surface area contributed by atoms with Crippen LogP contribution in [0, 0.1) is 0 Å². The second-order valence-corrected chi connectivity index (χ2v) is 2.19. The molecular weight excluding hydrogens is 164 g/mol. The van der Waals surface area contributed by atoms with Gasteiger partial charge in [0.1, 0.15) is 0 Å². The maximum Gasteiger partial charge on any atom is 0.346 e. The molecule has 0 bridgehead atoms. The molecule has 12 heavy (non-hydrogen) atoms. The Kier molecular flexibility index (Phi) is 1.90. The van der Waals surface area contributed by atoms with Crippen LogP contribution in [0.25, 0.3) is 0 Å². The molecule has 66 valence electrons. The van der Waals surface area contributed by atoms with Gasteiger partial charge in [-0.3, -0.25) is 14.6 Å². The Labute approximate surface area is 67.0 Å². The van der Waals surface area contributed by atoms with Crippen LogP contribution < -0.4 is 5.56 Å². The van der Waals surface area contributed by atoms with E-state index >= 15 is 0 Å². The Balaban J connectivity index is 3.38. The molecule has 3 N–H and O–H groups in total. The van der Waals surface area contributed by atoms with Gasteiger partial charge in [0, 0.05) is 6.54 Å². The SMILES string of the molecule is CCn1[nH]c(=O)c(C(=O)O)c1O. The highest BCUT2D eigenvalue weighted by Crippen LogP contribution is 2.10. The Morgan fingerprint density at radius 2 is 2.25 bits per heavy atom. The zero-order valence-corrected chi connectivity index (χ0v) is 6.37. The zero-order valence-electron chi connectivity index (χ0n) is 6.37. The molecule has 0 aromatic carbocycles. The number of hydrogen-bond acceptors (Lipinski definition) is 3. The van der Waals surface area contributed by atoms with E-state index in [2.05, 4.69) is 5.10 Å². The first kappa shape index (κ1) is 8.38. The first-order valence-corrected chi connectivity index (χ1v) is 3.33. The van der Waals surface area contributed by atoms with Crippen molar-refractivity contribution in [1.29, 1.82) is 0 Å². The van der Waals surface area contributed by atoms with Crippen molar-refractivity contribution in [3.8, 4) is 5.88 Å². The number of hydrogen-bond donors (Lipinski definition) is 3. The number of carbonyl (C=O) groups is 1. The molecule has 0 spiro atoms. The van der Waals surface area contributed by atoms with E-state index in [-0.39, 0.29) is 0 Å². The summed E-state index contributed by atoms with van der Waals surface area (Å²) in [6.07, 6.45) is 0. The molecule has 1 heterocycles. The van der Waals surface area contributed by atoms with Gasteiger partial charge in [-0.1, -0.05) is 0 Å². The number of aryl methyl sites for hydroxylation is 1. The van der Waals surface area contributed by atoms with Crippen molar-refractivity contribution in [2.24, 2.45) is 0 Å². The van der Waals surface area contributed by atoms with Crippen LogP contribution in [0.15, 0.2) is 4.79 Å². The lowest BCUT2D eigenvalue weighted by Crippen LogP contribution is -2.11. The van der Waals surface area contributed by atoms with Gasteiger partial charge in [-0.2, -0.15) is 0 Å². The minimum absolute atomic E-state index is 0.314. The number of aromatic nitrogens is 2. The van der Waals surface area contributed by atoms with Crippen LogP contribution in [0.1, 0.15) is 17.3 Å². The number of rotatable bonds is 2. The predicted octanol–water partition coefficient (Wildman–Crippen LogP) is -0.400. The molecule has 0 unspecified atom stereocenters. The standard InChI is InChI=1S/C6H8N2O4/c1-2-8-5(10)3(6(11)12)4(9)7-8/h10H,2H2,1H3,(H,7,9)(H,11,12). The van der Waals surface area contributed by atoms with E-state index in [1.54, 1.807) is 6.92 Å². The summed E-state index contributed by atoms with van der Waals surface area (Å²) in [6, 6.07) is 0. The summed E-state index contributed by atoms with van der Waals surface area (Å²) in [7, 11) is 0. The van der Waals surface area contributed by atoms with Crippen molar-refractivity contribution < 1.29 is 15.0 Å². The first-order valence-electron chi connectivity index (χ1n) is 3.33. The van der Waals surface area contributed by atoms with E-state index in [1.165, 1.54) is 0 Å². The second kappa shape index (κ2) is 2.72. The van der Waals surface area contributed by atoms with Crippen LogP contribution in [0.4, 0.5) is 0 Å². The summed E-state index contributed by atoms with van der Waals surface area (Å²) < 4.78 is 1.06. The predicted molar refractivity (Wildman–Crippen MR) is 39.4 cm³/mol. The van der Waals surface area contributed by atoms with E-state index in [0.29, 0.717) is 6.54 Å². The maximum absolute atomic E-state index is 10.8. The van der Waals surface area contributed by atoms with Gasteiger partial charge >= 0.3 is 5.97 Å². The average Bonchev–Trinajstić information content (AvgIpc) is 2.25. The molecule has 0 aliphatic rings. The van der Waals surface area contributed by atoms with Gasteiger partial charge in [-0.05, 0) is 6.92 Å². The quantitative estimate of drug-likeness (QED) is 0.565. The third-order valence-electron chi connectivity index (χ3n) is 1.47. The van der Waals surface area contributed by atoms with E-state index < -0.39 is 23.0 Å². The lowest BCUT2D eigenvalue weighted by Gasteiger charge is -1.96. The molecule has 6 nitrogen and oxygen atoms in total. The normalized spacial score (nSPS) is 10.1. The number of carboxylic acids is 1. The van der Waals surface area contributed by atoms with Crippen LogP contribution in [-0.4, -0.2) is 26.0 Å². The largest absolute Gasteiger partial charge is 0.493 e. The van der Waals surface area contributed by atoms with Gasteiger partial charge in [-0.25, -0.2) is 4.79 Å². The van der Waals surface area contributed by atoms with Gasteiger partial charge in [0.05, 0.1) is 0 Å². The van der Waals surface area contributed by atoms with E-state index in [4.69, 9.17) is 10.2 Å². The number of aromatic hydroxyl groups is 1. The van der Waals surface area contributed by atoms with Crippen molar-refractivity contribution in [3.05, 3.63) is 15.9 Å². The van der Waals surface area contributed by atoms with Crippen LogP contribution in [0.3, 0.4) is 0 Å². The van der Waals surface area contributed by atoms with E-state index in [1.807, 2.05) is 0 Å². The molecule has 1 rings (SSSR count). The zero-order chi connectivity index (χ0) is 9.30. The summed E-state index contributed by atoms with van der Waals surface area (Å²) in [6.45, 7) is 1.98. The lowest BCUT2D eigenvalue weighted by molar-refractivity contribution is 0.0692. The number of nitrogens with zero attached hydrogens (tertiary/aromatic N) is 1. The maximum atomic E-state index is 10.8. The number of H-pyrrole nitrogens is 1. The fraction of sp³-hybridized carbons (Fsp3) is 0.333. The summed E-state index contributed by atoms with van der Waals surface area (Å²) in [5.74, 6) is -1.96. The minimum atomic E-state index is -1.43. The molecule has 0 amide bonds. The van der Waals surface area contributed by atoms with Crippen molar-refractivity contribution in [3.63, 3.8) is 0 Å². The average molecular weight is 172 g/mol. The fourth-order valence-corrected chi connectivity index (χ4v) is 0.890.